The largest absolute Gasteiger partial charge is 0.460 e. The van der Waals surface area contributed by atoms with Crippen LogP contribution in [0.1, 0.15) is 18.6 Å². The number of alkyl halides is 22. The molecule has 0 bridgehead atoms. The number of hydrogen-bond donors (Lipinski definition) is 2. The Bertz CT molecular complexity index is 1170. The van der Waals surface area contributed by atoms with Crippen LogP contribution in [0, 0.1) is 0 Å². The minimum Gasteiger partial charge on any atom is -0.389 e. The van der Waals surface area contributed by atoms with Crippen molar-refractivity contribution >= 4 is 11.6 Å². The molecule has 0 radical (unpaired) electrons. The molecule has 45 heavy (non-hydrogen) atoms. The van der Waals surface area contributed by atoms with Gasteiger partial charge in [-0.2, -0.15) is 96.6 Å². The normalized spacial score (nSPS) is 16.2. The van der Waals surface area contributed by atoms with Gasteiger partial charge in [-0.1, -0.05) is 12.1 Å². The monoisotopic (exact) mass is 716 g/mol. The molecular formula is C19H10F22N2O2. The van der Waals surface area contributed by atoms with Crippen LogP contribution in [0.25, 0.3) is 0 Å². The van der Waals surface area contributed by atoms with Crippen molar-refractivity contribution in [3.05, 3.63) is 29.8 Å². The molecule has 1 aromatic rings. The lowest BCUT2D eigenvalue weighted by Gasteiger charge is -2.48. The number of aliphatic hydroxyl groups is 1. The Balaban J connectivity index is 4.13. The summed E-state index contributed by atoms with van der Waals surface area (Å²) in [5.41, 5.74) is -1.48. The zero-order chi connectivity index (χ0) is 36.4. The van der Waals surface area contributed by atoms with Gasteiger partial charge in [-0.05, 0) is 24.6 Å². The van der Waals surface area contributed by atoms with Gasteiger partial charge in [0.1, 0.15) is 0 Å². The van der Waals surface area contributed by atoms with Gasteiger partial charge < -0.3 is 10.4 Å². The lowest BCUT2D eigenvalue weighted by molar-refractivity contribution is -0.512. The number of aliphatic hydroxyl groups excluding tert-OH is 1. The molecule has 0 saturated heterocycles. The van der Waals surface area contributed by atoms with Crippen LogP contribution in [0.2, 0.25) is 0 Å². The molecule has 0 aromatic heterocycles. The lowest BCUT2D eigenvalue weighted by Crippen LogP contribution is -2.80. The maximum absolute atomic E-state index is 14.6. The number of carbonyl (C=O) groups is 1. The maximum Gasteiger partial charge on any atom is 0.460 e. The number of carbonyl (C=O) groups excluding carboxylic acids is 1. The molecule has 0 saturated carbocycles. The molecule has 0 fully saturated rings. The number of benzene rings is 1. The summed E-state index contributed by atoms with van der Waals surface area (Å²) >= 11 is 0. The summed E-state index contributed by atoms with van der Waals surface area (Å²) in [7, 11) is 0. The Morgan fingerprint density at radius 1 is 0.578 bits per heavy atom. The van der Waals surface area contributed by atoms with Gasteiger partial charge in [-0.25, -0.2) is 0 Å². The molecular weight excluding hydrogens is 706 g/mol. The smallest absolute Gasteiger partial charge is 0.389 e. The molecule has 0 aliphatic heterocycles. The van der Waals surface area contributed by atoms with Crippen molar-refractivity contribution in [2.24, 2.45) is 0 Å². The standard InChI is InChI=1S/C19H10F22N2O2/c1-6(44)7-2-4-8(5-3-7)42-9(45)10(20,21)17(36,37)43(18(38,39)13(26,27)11(22,23)15(30,31)32)19(40,41)14(28,29)12(24,25)16(33,34)35/h2-6,44H,1H3,(H,42,45). The Labute approximate surface area is 232 Å². The van der Waals surface area contributed by atoms with Crippen molar-refractivity contribution in [3.63, 3.8) is 0 Å². The predicted molar refractivity (Wildman–Crippen MR) is 99.2 cm³/mol. The minimum absolute atomic E-state index is 0.198. The molecule has 0 spiro atoms. The fraction of sp³-hybridized carbons (Fsp3) is 0.632. The van der Waals surface area contributed by atoms with Gasteiger partial charge in [0.15, 0.2) is 0 Å². The second-order valence-corrected chi connectivity index (χ2v) is 8.58. The highest BCUT2D eigenvalue weighted by Crippen LogP contribution is 2.63. The average Bonchev–Trinajstić information content (AvgIpc) is 2.81. The third-order valence-corrected chi connectivity index (χ3v) is 5.41. The van der Waals surface area contributed by atoms with Crippen molar-refractivity contribution in [2.75, 3.05) is 5.32 Å². The SMILES string of the molecule is CC(O)c1ccc(NC(=O)C(F)(F)C(F)(F)N(C(F)(F)C(F)(F)C(F)(F)C(F)(F)F)C(F)(F)C(F)(F)C(F)(F)C(F)(F)F)cc1. The van der Waals surface area contributed by atoms with Gasteiger partial charge in [0.25, 0.3) is 0 Å². The van der Waals surface area contributed by atoms with Crippen LogP contribution in [-0.2, 0) is 4.79 Å². The van der Waals surface area contributed by atoms with Crippen molar-refractivity contribution < 1.29 is 106 Å². The Hall–Kier alpha value is -2.93. The van der Waals surface area contributed by atoms with E-state index in [0.717, 1.165) is 6.92 Å². The van der Waals surface area contributed by atoms with E-state index in [9.17, 15) is 106 Å². The first-order chi connectivity index (χ1) is 19.4. The first-order valence-corrected chi connectivity index (χ1v) is 10.5. The molecule has 262 valence electrons. The molecule has 2 N–H and O–H groups in total. The summed E-state index contributed by atoms with van der Waals surface area (Å²) in [6.45, 7) is 1.02. The van der Waals surface area contributed by atoms with Gasteiger partial charge in [0.05, 0.1) is 6.10 Å². The first kappa shape index (κ1) is 40.1. The van der Waals surface area contributed by atoms with Gasteiger partial charge in [-0.3, -0.25) is 4.79 Å². The topological polar surface area (TPSA) is 52.6 Å². The van der Waals surface area contributed by atoms with Crippen LogP contribution >= 0.6 is 0 Å². The van der Waals surface area contributed by atoms with Crippen LogP contribution < -0.4 is 5.32 Å². The van der Waals surface area contributed by atoms with E-state index in [1.54, 1.807) is 0 Å². The van der Waals surface area contributed by atoms with Gasteiger partial charge in [0, 0.05) is 5.69 Å². The van der Waals surface area contributed by atoms with Crippen LogP contribution in [-0.4, -0.2) is 76.0 Å². The van der Waals surface area contributed by atoms with E-state index in [-0.39, 0.29) is 5.56 Å². The van der Waals surface area contributed by atoms with Crippen molar-refractivity contribution in [1.29, 1.82) is 0 Å². The zero-order valence-corrected chi connectivity index (χ0v) is 20.5. The molecule has 1 rings (SSSR count). The van der Waals surface area contributed by atoms with Crippen molar-refractivity contribution in [3.8, 4) is 0 Å². The average molecular weight is 716 g/mol. The Morgan fingerprint density at radius 2 is 0.889 bits per heavy atom. The highest BCUT2D eigenvalue weighted by Gasteiger charge is 2.94. The van der Waals surface area contributed by atoms with E-state index in [1.807, 2.05) is 0 Å². The molecule has 1 amide bonds. The fourth-order valence-corrected chi connectivity index (χ4v) is 2.88. The van der Waals surface area contributed by atoms with Gasteiger partial charge >= 0.3 is 66.0 Å². The minimum atomic E-state index is -9.33. The highest BCUT2D eigenvalue weighted by molar-refractivity contribution is 5.96. The lowest BCUT2D eigenvalue weighted by atomic mass is 10.0. The molecule has 0 aliphatic rings. The van der Waals surface area contributed by atoms with E-state index in [4.69, 9.17) is 0 Å². The van der Waals surface area contributed by atoms with E-state index in [1.165, 1.54) is 0 Å². The van der Waals surface area contributed by atoms with Crippen molar-refractivity contribution in [2.45, 2.75) is 73.1 Å². The van der Waals surface area contributed by atoms with E-state index in [0.29, 0.717) is 29.6 Å². The summed E-state index contributed by atoms with van der Waals surface area (Å²) in [6, 6.07) is -25.5. The summed E-state index contributed by atoms with van der Waals surface area (Å²) in [5, 5.41) is 9.77. The van der Waals surface area contributed by atoms with Crippen LogP contribution in [0.3, 0.4) is 0 Å². The predicted octanol–water partition coefficient (Wildman–Crippen LogP) is 8.06. The summed E-state index contributed by atoms with van der Waals surface area (Å²) in [4.78, 5) is 6.28. The third-order valence-electron chi connectivity index (χ3n) is 5.41. The number of anilines is 1. The summed E-state index contributed by atoms with van der Waals surface area (Å²) in [6.07, 6.45) is -17.8. The first-order valence-electron chi connectivity index (χ1n) is 10.5. The van der Waals surface area contributed by atoms with E-state index >= 15 is 0 Å². The second kappa shape index (κ2) is 11.1. The Kier molecular flexibility index (Phi) is 9.89. The summed E-state index contributed by atoms with van der Waals surface area (Å²) in [5.74, 6) is -47.6. The molecule has 26 heteroatoms. The fourth-order valence-electron chi connectivity index (χ4n) is 2.88. The molecule has 0 aliphatic carbocycles. The van der Waals surface area contributed by atoms with E-state index < -0.39 is 82.7 Å². The summed E-state index contributed by atoms with van der Waals surface area (Å²) < 4.78 is 298. The molecule has 0 heterocycles. The number of halogens is 22. The Morgan fingerprint density at radius 3 is 1.16 bits per heavy atom. The number of amides is 1. The molecule has 4 nitrogen and oxygen atoms in total. The third kappa shape index (κ3) is 6.02. The van der Waals surface area contributed by atoms with Crippen LogP contribution in [0.4, 0.5) is 102 Å². The van der Waals surface area contributed by atoms with Crippen LogP contribution in [0.5, 0.6) is 0 Å². The zero-order valence-electron chi connectivity index (χ0n) is 20.5. The highest BCUT2D eigenvalue weighted by atomic mass is 19.4. The van der Waals surface area contributed by atoms with Gasteiger partial charge in [-0.15, -0.1) is 4.90 Å². The van der Waals surface area contributed by atoms with E-state index in [2.05, 4.69) is 0 Å². The molecule has 1 aromatic carbocycles. The quantitative estimate of drug-likeness (QED) is 0.180. The molecule has 1 atom stereocenters. The maximum atomic E-state index is 14.6. The number of nitrogens with zero attached hydrogens (tertiary/aromatic N) is 1. The van der Waals surface area contributed by atoms with Gasteiger partial charge in [0.2, 0.25) is 0 Å². The number of hydrogen-bond acceptors (Lipinski definition) is 3. The number of nitrogens with one attached hydrogen (secondary N) is 1. The van der Waals surface area contributed by atoms with Crippen molar-refractivity contribution in [1.82, 2.24) is 4.90 Å². The second-order valence-electron chi connectivity index (χ2n) is 8.58. The van der Waals surface area contributed by atoms with Crippen LogP contribution in [0.15, 0.2) is 24.3 Å². The molecule has 1 unspecified atom stereocenters. The number of rotatable bonds is 11.